The smallest absolute Gasteiger partial charge is 0.0209 e. The molecular formula is C6H17ClN2. The summed E-state index contributed by atoms with van der Waals surface area (Å²) in [6.45, 7) is 2.92. The summed E-state index contributed by atoms with van der Waals surface area (Å²) in [5, 5.41) is 0. The molecular weight excluding hydrogens is 136 g/mol. The minimum absolute atomic E-state index is 0. The number of nitrogens with two attached hydrogens (primary N) is 1. The van der Waals surface area contributed by atoms with Crippen LogP contribution in [0.3, 0.4) is 0 Å². The van der Waals surface area contributed by atoms with Crippen LogP contribution < -0.4 is 5.73 Å². The van der Waals surface area contributed by atoms with E-state index in [2.05, 4.69) is 25.9 Å². The zero-order chi connectivity index (χ0) is 6.57. The first-order chi connectivity index (χ1) is 3.72. The highest BCUT2D eigenvalue weighted by Crippen LogP contribution is 1.93. The molecule has 0 amide bonds. The maximum absolute atomic E-state index is 5.44. The molecule has 0 radical (unpaired) electrons. The molecule has 0 saturated carbocycles. The van der Waals surface area contributed by atoms with Gasteiger partial charge in [0.1, 0.15) is 0 Å². The molecule has 0 spiro atoms. The minimum Gasteiger partial charge on any atom is -0.329 e. The fourth-order valence-corrected chi connectivity index (χ4v) is 0.743. The number of hydrogen-bond acceptors (Lipinski definition) is 2. The van der Waals surface area contributed by atoms with E-state index in [4.69, 9.17) is 5.73 Å². The molecule has 2 N–H and O–H groups in total. The Bertz CT molecular complexity index is 53.0. The standard InChI is InChI=1S/C6H16N2.ClH/c1-4-6(5-7)8(2)3;/h6H,4-5,7H2,1-3H3;1H. The lowest BCUT2D eigenvalue weighted by Crippen LogP contribution is -2.34. The normalized spacial score (nSPS) is 13.0. The molecule has 2 nitrogen and oxygen atoms in total. The summed E-state index contributed by atoms with van der Waals surface area (Å²) in [4.78, 5) is 2.15. The van der Waals surface area contributed by atoms with Crippen LogP contribution >= 0.6 is 12.4 Å². The summed E-state index contributed by atoms with van der Waals surface area (Å²) in [5.41, 5.74) is 5.44. The van der Waals surface area contributed by atoms with Gasteiger partial charge in [-0.05, 0) is 20.5 Å². The third-order valence-corrected chi connectivity index (χ3v) is 1.47. The zero-order valence-corrected chi connectivity index (χ0v) is 7.24. The number of rotatable bonds is 3. The monoisotopic (exact) mass is 152 g/mol. The first-order valence-electron chi connectivity index (χ1n) is 3.08. The van der Waals surface area contributed by atoms with E-state index in [0.29, 0.717) is 6.04 Å². The van der Waals surface area contributed by atoms with Crippen LogP contribution in [0.1, 0.15) is 13.3 Å². The summed E-state index contributed by atoms with van der Waals surface area (Å²) in [5.74, 6) is 0. The Hall–Kier alpha value is 0.210. The van der Waals surface area contributed by atoms with Gasteiger partial charge in [-0.1, -0.05) is 6.92 Å². The SMILES string of the molecule is CCC(CN)N(C)C.Cl. The van der Waals surface area contributed by atoms with Gasteiger partial charge >= 0.3 is 0 Å². The van der Waals surface area contributed by atoms with Gasteiger partial charge in [0.05, 0.1) is 0 Å². The van der Waals surface area contributed by atoms with Crippen molar-refractivity contribution in [3.8, 4) is 0 Å². The molecule has 1 atom stereocenters. The Kier molecular flexibility index (Phi) is 8.40. The fraction of sp³-hybridized carbons (Fsp3) is 1.00. The topological polar surface area (TPSA) is 29.3 Å². The molecule has 0 rings (SSSR count). The third-order valence-electron chi connectivity index (χ3n) is 1.47. The van der Waals surface area contributed by atoms with Crippen molar-refractivity contribution in [3.63, 3.8) is 0 Å². The van der Waals surface area contributed by atoms with Crippen LogP contribution in [-0.4, -0.2) is 31.6 Å². The first kappa shape index (κ1) is 11.9. The second-order valence-corrected chi connectivity index (χ2v) is 2.26. The fourth-order valence-electron chi connectivity index (χ4n) is 0.743. The maximum atomic E-state index is 5.44. The molecule has 0 aromatic heterocycles. The molecule has 58 valence electrons. The summed E-state index contributed by atoms with van der Waals surface area (Å²) in [7, 11) is 4.11. The van der Waals surface area contributed by atoms with Crippen molar-refractivity contribution in [2.24, 2.45) is 5.73 Å². The number of hydrogen-bond donors (Lipinski definition) is 1. The van der Waals surface area contributed by atoms with Gasteiger partial charge in [-0.15, -0.1) is 12.4 Å². The highest BCUT2D eigenvalue weighted by atomic mass is 35.5. The van der Waals surface area contributed by atoms with Crippen LogP contribution in [0.25, 0.3) is 0 Å². The number of likely N-dealkylation sites (N-methyl/N-ethyl adjacent to an activating group) is 1. The molecule has 0 heterocycles. The Labute approximate surface area is 63.8 Å². The van der Waals surface area contributed by atoms with Gasteiger partial charge in [0.2, 0.25) is 0 Å². The van der Waals surface area contributed by atoms with E-state index in [1.807, 2.05) is 0 Å². The highest BCUT2D eigenvalue weighted by molar-refractivity contribution is 5.85. The van der Waals surface area contributed by atoms with Crippen molar-refractivity contribution in [1.29, 1.82) is 0 Å². The average Bonchev–Trinajstić information content (AvgIpc) is 1.69. The van der Waals surface area contributed by atoms with Crippen molar-refractivity contribution in [2.45, 2.75) is 19.4 Å². The van der Waals surface area contributed by atoms with Crippen LogP contribution in [-0.2, 0) is 0 Å². The molecule has 9 heavy (non-hydrogen) atoms. The summed E-state index contributed by atoms with van der Waals surface area (Å²) >= 11 is 0. The lowest BCUT2D eigenvalue weighted by atomic mass is 10.2. The van der Waals surface area contributed by atoms with E-state index < -0.39 is 0 Å². The van der Waals surface area contributed by atoms with Crippen molar-refractivity contribution >= 4 is 12.4 Å². The van der Waals surface area contributed by atoms with Crippen molar-refractivity contribution < 1.29 is 0 Å². The molecule has 0 aliphatic heterocycles. The van der Waals surface area contributed by atoms with E-state index in [1.54, 1.807) is 0 Å². The van der Waals surface area contributed by atoms with E-state index in [9.17, 15) is 0 Å². The van der Waals surface area contributed by atoms with Crippen LogP contribution in [0.4, 0.5) is 0 Å². The predicted molar refractivity (Wildman–Crippen MR) is 44.1 cm³/mol. The quantitative estimate of drug-likeness (QED) is 0.646. The van der Waals surface area contributed by atoms with E-state index in [1.165, 1.54) is 0 Å². The summed E-state index contributed by atoms with van der Waals surface area (Å²) < 4.78 is 0. The molecule has 0 aliphatic rings. The first-order valence-corrected chi connectivity index (χ1v) is 3.08. The predicted octanol–water partition coefficient (Wildman–Crippen LogP) is 0.707. The van der Waals surface area contributed by atoms with Crippen LogP contribution in [0.5, 0.6) is 0 Å². The molecule has 0 bridgehead atoms. The Morgan fingerprint density at radius 3 is 1.89 bits per heavy atom. The van der Waals surface area contributed by atoms with Gasteiger partial charge in [-0.25, -0.2) is 0 Å². The Morgan fingerprint density at radius 2 is 1.89 bits per heavy atom. The lowest BCUT2D eigenvalue weighted by molar-refractivity contribution is 0.292. The molecule has 1 unspecified atom stereocenters. The van der Waals surface area contributed by atoms with Gasteiger partial charge in [-0.3, -0.25) is 0 Å². The summed E-state index contributed by atoms with van der Waals surface area (Å²) in [6, 6.07) is 0.565. The van der Waals surface area contributed by atoms with Crippen molar-refractivity contribution in [3.05, 3.63) is 0 Å². The molecule has 0 aromatic carbocycles. The molecule has 0 saturated heterocycles. The minimum atomic E-state index is 0. The van der Waals surface area contributed by atoms with E-state index in [-0.39, 0.29) is 12.4 Å². The molecule has 3 heteroatoms. The molecule has 0 fully saturated rings. The van der Waals surface area contributed by atoms with Crippen molar-refractivity contribution in [2.75, 3.05) is 20.6 Å². The third kappa shape index (κ3) is 4.70. The largest absolute Gasteiger partial charge is 0.329 e. The second-order valence-electron chi connectivity index (χ2n) is 2.26. The van der Waals surface area contributed by atoms with Crippen LogP contribution in [0.15, 0.2) is 0 Å². The number of nitrogens with zero attached hydrogens (tertiary/aromatic N) is 1. The van der Waals surface area contributed by atoms with Gasteiger partial charge < -0.3 is 10.6 Å². The second kappa shape index (κ2) is 6.33. The lowest BCUT2D eigenvalue weighted by Gasteiger charge is -2.20. The zero-order valence-electron chi connectivity index (χ0n) is 6.42. The van der Waals surface area contributed by atoms with Crippen LogP contribution in [0, 0.1) is 0 Å². The van der Waals surface area contributed by atoms with Crippen LogP contribution in [0.2, 0.25) is 0 Å². The molecule has 0 aromatic rings. The Balaban J connectivity index is 0. The van der Waals surface area contributed by atoms with Gasteiger partial charge in [0.15, 0.2) is 0 Å². The number of halogens is 1. The van der Waals surface area contributed by atoms with Gasteiger partial charge in [0, 0.05) is 12.6 Å². The average molecular weight is 153 g/mol. The van der Waals surface area contributed by atoms with Gasteiger partial charge in [-0.2, -0.15) is 0 Å². The van der Waals surface area contributed by atoms with Crippen molar-refractivity contribution in [1.82, 2.24) is 4.90 Å². The maximum Gasteiger partial charge on any atom is 0.0209 e. The molecule has 0 aliphatic carbocycles. The Morgan fingerprint density at radius 1 is 1.44 bits per heavy atom. The van der Waals surface area contributed by atoms with E-state index in [0.717, 1.165) is 13.0 Å². The summed E-state index contributed by atoms with van der Waals surface area (Å²) in [6.07, 6.45) is 1.14. The van der Waals surface area contributed by atoms with E-state index >= 15 is 0 Å². The van der Waals surface area contributed by atoms with Gasteiger partial charge in [0.25, 0.3) is 0 Å². The highest BCUT2D eigenvalue weighted by Gasteiger charge is 2.03.